The Morgan fingerprint density at radius 2 is 1.81 bits per heavy atom. The summed E-state index contributed by atoms with van der Waals surface area (Å²) in [5.41, 5.74) is 0.341. The molecule has 2 amide bonds. The third-order valence-electron chi connectivity index (χ3n) is 3.58. The van der Waals surface area contributed by atoms with Gasteiger partial charge in [-0.1, -0.05) is 6.07 Å². The fourth-order valence-electron chi connectivity index (χ4n) is 2.23. The molecule has 0 aliphatic heterocycles. The topological polar surface area (TPSA) is 67.9 Å². The molecule has 0 aliphatic carbocycles. The van der Waals surface area contributed by atoms with Gasteiger partial charge in [-0.05, 0) is 42.5 Å². The van der Waals surface area contributed by atoms with Crippen LogP contribution in [0.4, 0.5) is 10.1 Å². The first kappa shape index (κ1) is 19.2. The van der Waals surface area contributed by atoms with E-state index >= 15 is 0 Å². The van der Waals surface area contributed by atoms with Crippen molar-refractivity contribution < 1.29 is 23.5 Å². The Morgan fingerprint density at radius 3 is 2.42 bits per heavy atom. The molecule has 2 aromatic rings. The minimum atomic E-state index is -0.445. The first-order valence-corrected chi connectivity index (χ1v) is 8.05. The summed E-state index contributed by atoms with van der Waals surface area (Å²) >= 11 is 0. The van der Waals surface area contributed by atoms with E-state index in [1.807, 2.05) is 0 Å². The zero-order chi connectivity index (χ0) is 18.9. The molecule has 0 atom stereocenters. The molecule has 138 valence electrons. The molecule has 0 unspecified atom stereocenters. The van der Waals surface area contributed by atoms with E-state index in [0.717, 1.165) is 5.75 Å². The van der Waals surface area contributed by atoms with Crippen LogP contribution in [-0.4, -0.2) is 43.5 Å². The largest absolute Gasteiger partial charge is 0.497 e. The van der Waals surface area contributed by atoms with Gasteiger partial charge in [-0.2, -0.15) is 0 Å². The summed E-state index contributed by atoms with van der Waals surface area (Å²) in [5.74, 6) is 0.252. The molecular formula is C19H21FN2O4. The van der Waals surface area contributed by atoms with Crippen LogP contribution in [0.1, 0.15) is 6.92 Å². The number of ether oxygens (including phenoxy) is 2. The second-order valence-corrected chi connectivity index (χ2v) is 5.52. The Hall–Kier alpha value is -3.09. The Bertz CT molecular complexity index is 749. The summed E-state index contributed by atoms with van der Waals surface area (Å²) in [6, 6.07) is 12.6. The average molecular weight is 360 g/mol. The zero-order valence-corrected chi connectivity index (χ0v) is 14.7. The van der Waals surface area contributed by atoms with Crippen molar-refractivity contribution in [2.24, 2.45) is 0 Å². The second kappa shape index (κ2) is 9.41. The van der Waals surface area contributed by atoms with Gasteiger partial charge >= 0.3 is 0 Å². The van der Waals surface area contributed by atoms with Gasteiger partial charge in [0.2, 0.25) is 11.8 Å². The van der Waals surface area contributed by atoms with Gasteiger partial charge in [-0.3, -0.25) is 9.59 Å². The quantitative estimate of drug-likeness (QED) is 0.786. The molecule has 0 aromatic heterocycles. The SMILES string of the molecule is COc1ccc(OCCN(CC(=O)Nc2cccc(F)c2)C(C)=O)cc1. The number of hydrogen-bond acceptors (Lipinski definition) is 4. The van der Waals surface area contributed by atoms with E-state index in [0.29, 0.717) is 11.4 Å². The summed E-state index contributed by atoms with van der Waals surface area (Å²) in [5, 5.41) is 2.56. The van der Waals surface area contributed by atoms with Crippen LogP contribution >= 0.6 is 0 Å². The monoisotopic (exact) mass is 360 g/mol. The van der Waals surface area contributed by atoms with Crippen molar-refractivity contribution in [1.82, 2.24) is 4.90 Å². The number of methoxy groups -OCH3 is 1. The highest BCUT2D eigenvalue weighted by atomic mass is 19.1. The highest BCUT2D eigenvalue weighted by Gasteiger charge is 2.14. The maximum absolute atomic E-state index is 13.1. The molecule has 2 aromatic carbocycles. The van der Waals surface area contributed by atoms with Crippen LogP contribution in [-0.2, 0) is 9.59 Å². The summed E-state index contributed by atoms with van der Waals surface area (Å²) in [4.78, 5) is 25.1. The van der Waals surface area contributed by atoms with Crippen LogP contribution in [0.15, 0.2) is 48.5 Å². The fraction of sp³-hybridized carbons (Fsp3) is 0.263. The third kappa shape index (κ3) is 6.08. The van der Waals surface area contributed by atoms with Gasteiger partial charge in [-0.15, -0.1) is 0 Å². The molecule has 0 spiro atoms. The first-order valence-electron chi connectivity index (χ1n) is 8.05. The van der Waals surface area contributed by atoms with Crippen molar-refractivity contribution in [1.29, 1.82) is 0 Å². The zero-order valence-electron chi connectivity index (χ0n) is 14.7. The maximum Gasteiger partial charge on any atom is 0.244 e. The minimum Gasteiger partial charge on any atom is -0.497 e. The number of rotatable bonds is 8. The molecule has 26 heavy (non-hydrogen) atoms. The van der Waals surface area contributed by atoms with Crippen LogP contribution in [0.5, 0.6) is 11.5 Å². The van der Waals surface area contributed by atoms with Gasteiger partial charge in [0, 0.05) is 12.6 Å². The predicted molar refractivity (Wildman–Crippen MR) is 95.8 cm³/mol. The highest BCUT2D eigenvalue weighted by molar-refractivity contribution is 5.94. The molecule has 0 radical (unpaired) electrons. The van der Waals surface area contributed by atoms with Crippen LogP contribution in [0, 0.1) is 5.82 Å². The first-order chi connectivity index (χ1) is 12.5. The van der Waals surface area contributed by atoms with Crippen molar-refractivity contribution in [2.75, 3.05) is 32.1 Å². The molecular weight excluding hydrogens is 339 g/mol. The lowest BCUT2D eigenvalue weighted by molar-refractivity contribution is -0.133. The number of benzene rings is 2. The standard InChI is InChI=1S/C19H21FN2O4/c1-14(23)22(10-11-26-18-8-6-17(25-2)7-9-18)13-19(24)21-16-5-3-4-15(20)12-16/h3-9,12H,10-11,13H2,1-2H3,(H,21,24). The summed E-state index contributed by atoms with van der Waals surface area (Å²) < 4.78 is 23.8. The number of anilines is 1. The van der Waals surface area contributed by atoms with Gasteiger partial charge in [0.25, 0.3) is 0 Å². The van der Waals surface area contributed by atoms with Gasteiger partial charge < -0.3 is 19.7 Å². The normalized spacial score (nSPS) is 10.1. The smallest absolute Gasteiger partial charge is 0.244 e. The number of hydrogen-bond donors (Lipinski definition) is 1. The number of nitrogens with zero attached hydrogens (tertiary/aromatic N) is 1. The van der Waals surface area contributed by atoms with Crippen LogP contribution in [0.3, 0.4) is 0 Å². The lowest BCUT2D eigenvalue weighted by Gasteiger charge is -2.20. The molecule has 1 N–H and O–H groups in total. The summed E-state index contributed by atoms with van der Waals surface area (Å²) in [6.07, 6.45) is 0. The van der Waals surface area contributed by atoms with E-state index in [2.05, 4.69) is 5.32 Å². The van der Waals surface area contributed by atoms with Gasteiger partial charge in [0.1, 0.15) is 23.9 Å². The van der Waals surface area contributed by atoms with Crippen molar-refractivity contribution >= 4 is 17.5 Å². The van der Waals surface area contributed by atoms with Crippen molar-refractivity contribution in [3.05, 3.63) is 54.3 Å². The molecule has 0 heterocycles. The number of amides is 2. The number of carbonyl (C=O) groups is 2. The third-order valence-corrected chi connectivity index (χ3v) is 3.58. The summed E-state index contributed by atoms with van der Waals surface area (Å²) in [6.45, 7) is 1.72. The molecule has 7 heteroatoms. The lowest BCUT2D eigenvalue weighted by Crippen LogP contribution is -2.39. The lowest BCUT2D eigenvalue weighted by atomic mass is 10.3. The van der Waals surface area contributed by atoms with E-state index in [1.165, 1.54) is 30.0 Å². The van der Waals surface area contributed by atoms with E-state index in [1.54, 1.807) is 37.4 Å². The molecule has 0 bridgehead atoms. The van der Waals surface area contributed by atoms with Crippen LogP contribution in [0.25, 0.3) is 0 Å². The summed E-state index contributed by atoms with van der Waals surface area (Å²) in [7, 11) is 1.58. The number of carbonyl (C=O) groups excluding carboxylic acids is 2. The Morgan fingerprint density at radius 1 is 1.12 bits per heavy atom. The average Bonchev–Trinajstić information content (AvgIpc) is 2.61. The van der Waals surface area contributed by atoms with Crippen LogP contribution < -0.4 is 14.8 Å². The van der Waals surface area contributed by atoms with Crippen LogP contribution in [0.2, 0.25) is 0 Å². The van der Waals surface area contributed by atoms with Crippen molar-refractivity contribution in [2.45, 2.75) is 6.92 Å². The molecule has 0 aliphatic rings. The molecule has 2 rings (SSSR count). The van der Waals surface area contributed by atoms with Gasteiger partial charge in [0.05, 0.1) is 20.2 Å². The van der Waals surface area contributed by atoms with E-state index in [9.17, 15) is 14.0 Å². The number of halogens is 1. The molecule has 0 saturated heterocycles. The number of nitrogens with one attached hydrogen (secondary N) is 1. The van der Waals surface area contributed by atoms with Crippen molar-refractivity contribution in [3.8, 4) is 11.5 Å². The van der Waals surface area contributed by atoms with Gasteiger partial charge in [0.15, 0.2) is 0 Å². The molecule has 0 saturated carbocycles. The Kier molecular flexibility index (Phi) is 6.96. The minimum absolute atomic E-state index is 0.141. The maximum atomic E-state index is 13.1. The fourth-order valence-corrected chi connectivity index (χ4v) is 2.23. The van der Waals surface area contributed by atoms with Gasteiger partial charge in [-0.25, -0.2) is 4.39 Å². The molecule has 6 nitrogen and oxygen atoms in total. The Labute approximate surface area is 151 Å². The van der Waals surface area contributed by atoms with Crippen molar-refractivity contribution in [3.63, 3.8) is 0 Å². The van der Waals surface area contributed by atoms with E-state index in [-0.39, 0.29) is 25.6 Å². The molecule has 0 fully saturated rings. The second-order valence-electron chi connectivity index (χ2n) is 5.52. The Balaban J connectivity index is 1.83. The van der Waals surface area contributed by atoms with E-state index in [4.69, 9.17) is 9.47 Å². The highest BCUT2D eigenvalue weighted by Crippen LogP contribution is 2.17. The predicted octanol–water partition coefficient (Wildman–Crippen LogP) is 2.70. The van der Waals surface area contributed by atoms with E-state index < -0.39 is 11.7 Å².